The van der Waals surface area contributed by atoms with E-state index in [2.05, 4.69) is 10.3 Å². The second kappa shape index (κ2) is 9.20. The van der Waals surface area contributed by atoms with Crippen molar-refractivity contribution in [3.63, 3.8) is 0 Å². The van der Waals surface area contributed by atoms with Crippen LogP contribution in [0.5, 0.6) is 11.5 Å². The van der Waals surface area contributed by atoms with Crippen LogP contribution in [0.4, 0.5) is 5.69 Å². The number of anilines is 1. The number of hydrogen-bond donors (Lipinski definition) is 1. The summed E-state index contributed by atoms with van der Waals surface area (Å²) < 4.78 is 16.8. The van der Waals surface area contributed by atoms with Crippen LogP contribution in [0.2, 0.25) is 0 Å². The summed E-state index contributed by atoms with van der Waals surface area (Å²) in [6.07, 6.45) is 0.835. The first kappa shape index (κ1) is 22.3. The molecule has 7 heteroatoms. The van der Waals surface area contributed by atoms with E-state index in [1.165, 1.54) is 14.0 Å². The zero-order valence-corrected chi connectivity index (χ0v) is 18.6. The normalized spacial score (nSPS) is 11.4. The van der Waals surface area contributed by atoms with Gasteiger partial charge in [-0.15, -0.1) is 0 Å². The number of methoxy groups -OCH3 is 1. The minimum atomic E-state index is -0.183. The van der Waals surface area contributed by atoms with Gasteiger partial charge in [-0.25, -0.2) is 4.98 Å². The van der Waals surface area contributed by atoms with Crippen LogP contribution < -0.4 is 14.8 Å². The molecular formula is C24H28N2O5. The van der Waals surface area contributed by atoms with Gasteiger partial charge >= 0.3 is 0 Å². The lowest BCUT2D eigenvalue weighted by Crippen LogP contribution is -2.13. The van der Waals surface area contributed by atoms with Gasteiger partial charge in [0.15, 0.2) is 22.9 Å². The highest BCUT2D eigenvalue weighted by molar-refractivity contribution is 5.94. The second-order valence-electron chi connectivity index (χ2n) is 8.37. The molecule has 3 rings (SSSR count). The number of carbonyl (C=O) groups excluding carboxylic acids is 2. The van der Waals surface area contributed by atoms with E-state index in [9.17, 15) is 9.59 Å². The van der Waals surface area contributed by atoms with Gasteiger partial charge in [0, 0.05) is 23.1 Å². The Labute approximate surface area is 181 Å². The smallest absolute Gasteiger partial charge is 0.224 e. The van der Waals surface area contributed by atoms with Crippen molar-refractivity contribution in [1.82, 2.24) is 4.98 Å². The van der Waals surface area contributed by atoms with E-state index in [-0.39, 0.29) is 17.1 Å². The van der Waals surface area contributed by atoms with Crippen molar-refractivity contribution in [2.75, 3.05) is 19.0 Å². The fourth-order valence-electron chi connectivity index (χ4n) is 2.97. The molecule has 0 spiro atoms. The molecule has 0 aliphatic carbocycles. The molecule has 0 saturated carbocycles. The first-order valence-corrected chi connectivity index (χ1v) is 10.2. The summed E-state index contributed by atoms with van der Waals surface area (Å²) in [5.41, 5.74) is 2.46. The average molecular weight is 424 g/mol. The molecule has 0 saturated heterocycles. The Morgan fingerprint density at radius 2 is 1.87 bits per heavy atom. The van der Waals surface area contributed by atoms with Crippen LogP contribution in [0.15, 0.2) is 40.8 Å². The number of aromatic nitrogens is 1. The number of oxazole rings is 1. The summed E-state index contributed by atoms with van der Waals surface area (Å²) in [4.78, 5) is 28.3. The van der Waals surface area contributed by atoms with Gasteiger partial charge in [-0.1, -0.05) is 20.8 Å². The van der Waals surface area contributed by atoms with Crippen molar-refractivity contribution in [2.24, 2.45) is 0 Å². The van der Waals surface area contributed by atoms with Crippen LogP contribution in [-0.2, 0) is 10.2 Å². The fourth-order valence-corrected chi connectivity index (χ4v) is 2.97. The van der Waals surface area contributed by atoms with Gasteiger partial charge in [0.2, 0.25) is 11.8 Å². The standard InChI is InChI=1S/C24H28N2O5/c1-15(27)16-8-10-20(21(13-16)29-5)30-12-6-7-22(28)25-17-9-11-19-18(14-17)26-23(31-19)24(2,3)4/h8-11,13-14H,6-7,12H2,1-5H3,(H,25,28). The quantitative estimate of drug-likeness (QED) is 0.398. The largest absolute Gasteiger partial charge is 0.493 e. The Kier molecular flexibility index (Phi) is 6.63. The summed E-state index contributed by atoms with van der Waals surface area (Å²) >= 11 is 0. The SMILES string of the molecule is COc1cc(C(C)=O)ccc1OCCCC(=O)Nc1ccc2oc(C(C)(C)C)nc2c1. The maximum absolute atomic E-state index is 12.3. The summed E-state index contributed by atoms with van der Waals surface area (Å²) in [7, 11) is 1.52. The van der Waals surface area contributed by atoms with E-state index in [4.69, 9.17) is 13.9 Å². The Hall–Kier alpha value is -3.35. The molecule has 0 bridgehead atoms. The molecule has 0 radical (unpaired) electrons. The summed E-state index contributed by atoms with van der Waals surface area (Å²) in [6, 6.07) is 10.5. The van der Waals surface area contributed by atoms with Gasteiger partial charge in [-0.2, -0.15) is 0 Å². The lowest BCUT2D eigenvalue weighted by molar-refractivity contribution is -0.116. The summed E-state index contributed by atoms with van der Waals surface area (Å²) in [5.74, 6) is 1.54. The molecular weight excluding hydrogens is 396 g/mol. The monoisotopic (exact) mass is 424 g/mol. The van der Waals surface area contributed by atoms with Crippen molar-refractivity contribution in [3.8, 4) is 11.5 Å². The summed E-state index contributed by atoms with van der Waals surface area (Å²) in [6.45, 7) is 7.96. The van der Waals surface area contributed by atoms with E-state index in [0.717, 1.165) is 0 Å². The molecule has 3 aromatic rings. The number of fused-ring (bicyclic) bond motifs is 1. The number of Topliss-reactive ketones (excluding diaryl/α,β-unsaturated/α-hetero) is 1. The van der Waals surface area contributed by atoms with Crippen molar-refractivity contribution < 1.29 is 23.5 Å². The number of amides is 1. The number of ketones is 1. The molecule has 2 aromatic carbocycles. The Morgan fingerprint density at radius 3 is 2.55 bits per heavy atom. The predicted octanol–water partition coefficient (Wildman–Crippen LogP) is 5.13. The van der Waals surface area contributed by atoms with E-state index in [0.29, 0.717) is 59.2 Å². The number of ether oxygens (including phenoxy) is 2. The third-order valence-electron chi connectivity index (χ3n) is 4.69. The molecule has 0 fully saturated rings. The van der Waals surface area contributed by atoms with Crippen LogP contribution in [-0.4, -0.2) is 30.4 Å². The Bertz CT molecular complexity index is 1100. The maximum Gasteiger partial charge on any atom is 0.224 e. The van der Waals surface area contributed by atoms with Gasteiger partial charge in [-0.3, -0.25) is 9.59 Å². The van der Waals surface area contributed by atoms with E-state index in [1.54, 1.807) is 24.3 Å². The number of benzene rings is 2. The van der Waals surface area contributed by atoms with Crippen molar-refractivity contribution in [3.05, 3.63) is 47.9 Å². The number of nitrogens with zero attached hydrogens (tertiary/aromatic N) is 1. The predicted molar refractivity (Wildman–Crippen MR) is 119 cm³/mol. The maximum atomic E-state index is 12.3. The number of rotatable bonds is 8. The highest BCUT2D eigenvalue weighted by Crippen LogP contribution is 2.29. The first-order chi connectivity index (χ1) is 14.7. The molecule has 1 amide bonds. The van der Waals surface area contributed by atoms with Gasteiger partial charge in [-0.05, 0) is 49.7 Å². The van der Waals surface area contributed by atoms with Gasteiger partial charge in [0.25, 0.3) is 0 Å². The van der Waals surface area contributed by atoms with Crippen LogP contribution in [0.25, 0.3) is 11.1 Å². The van der Waals surface area contributed by atoms with Crippen molar-refractivity contribution >= 4 is 28.5 Å². The van der Waals surface area contributed by atoms with E-state index >= 15 is 0 Å². The zero-order chi connectivity index (χ0) is 22.6. The van der Waals surface area contributed by atoms with E-state index < -0.39 is 0 Å². The van der Waals surface area contributed by atoms with Gasteiger partial charge in [0.1, 0.15) is 5.52 Å². The minimum Gasteiger partial charge on any atom is -0.493 e. The van der Waals surface area contributed by atoms with Gasteiger partial charge in [0.05, 0.1) is 13.7 Å². The topological polar surface area (TPSA) is 90.7 Å². The molecule has 0 aliphatic heterocycles. The van der Waals surface area contributed by atoms with E-state index in [1.807, 2.05) is 32.9 Å². The molecule has 0 aliphatic rings. The number of hydrogen-bond acceptors (Lipinski definition) is 6. The second-order valence-corrected chi connectivity index (χ2v) is 8.37. The molecule has 0 unspecified atom stereocenters. The zero-order valence-electron chi connectivity index (χ0n) is 18.6. The number of nitrogens with one attached hydrogen (secondary N) is 1. The molecule has 0 atom stereocenters. The molecule has 1 N–H and O–H groups in total. The van der Waals surface area contributed by atoms with Crippen LogP contribution in [0.3, 0.4) is 0 Å². The first-order valence-electron chi connectivity index (χ1n) is 10.2. The van der Waals surface area contributed by atoms with Crippen LogP contribution >= 0.6 is 0 Å². The highest BCUT2D eigenvalue weighted by Gasteiger charge is 2.21. The van der Waals surface area contributed by atoms with Crippen molar-refractivity contribution in [1.29, 1.82) is 0 Å². The number of carbonyl (C=O) groups is 2. The van der Waals surface area contributed by atoms with Crippen LogP contribution in [0.1, 0.15) is 56.8 Å². The molecule has 1 heterocycles. The van der Waals surface area contributed by atoms with Crippen molar-refractivity contribution in [2.45, 2.75) is 46.0 Å². The minimum absolute atomic E-state index is 0.0417. The van der Waals surface area contributed by atoms with Gasteiger partial charge < -0.3 is 19.2 Å². The third kappa shape index (κ3) is 5.63. The molecule has 164 valence electrons. The lowest BCUT2D eigenvalue weighted by Gasteiger charge is -2.11. The van der Waals surface area contributed by atoms with Crippen LogP contribution in [0, 0.1) is 0 Å². The third-order valence-corrected chi connectivity index (χ3v) is 4.69. The molecule has 1 aromatic heterocycles. The molecule has 31 heavy (non-hydrogen) atoms. The lowest BCUT2D eigenvalue weighted by atomic mass is 9.97. The molecule has 7 nitrogen and oxygen atoms in total. The Morgan fingerprint density at radius 1 is 1.10 bits per heavy atom. The fraction of sp³-hybridized carbons (Fsp3) is 0.375. The Balaban J connectivity index is 1.52. The summed E-state index contributed by atoms with van der Waals surface area (Å²) in [5, 5.41) is 2.88. The average Bonchev–Trinajstić information content (AvgIpc) is 3.15. The highest BCUT2D eigenvalue weighted by atomic mass is 16.5.